The normalized spacial score (nSPS) is 12.9. The molecule has 0 bridgehead atoms. The molecule has 1 aromatic carbocycles. The van der Waals surface area contributed by atoms with Crippen LogP contribution in [-0.2, 0) is 6.61 Å². The molecule has 0 saturated carbocycles. The minimum atomic E-state index is 0.0335. The second-order valence-corrected chi connectivity index (χ2v) is 6.71. The van der Waals surface area contributed by atoms with E-state index in [2.05, 4.69) is 25.9 Å². The Bertz CT molecular complexity index is 563. The first-order valence-corrected chi connectivity index (χ1v) is 7.84. The van der Waals surface area contributed by atoms with Crippen molar-refractivity contribution in [2.45, 2.75) is 44.6 Å². The molecule has 0 amide bonds. The van der Waals surface area contributed by atoms with Crippen molar-refractivity contribution in [3.8, 4) is 5.69 Å². The molecule has 2 aromatic rings. The van der Waals surface area contributed by atoms with Crippen LogP contribution in [0.15, 0.2) is 35.4 Å². The van der Waals surface area contributed by atoms with Gasteiger partial charge in [0.25, 0.3) is 0 Å². The summed E-state index contributed by atoms with van der Waals surface area (Å²) in [5.74, 6) is 0.575. The summed E-state index contributed by atoms with van der Waals surface area (Å²) in [4.78, 5) is 0. The van der Waals surface area contributed by atoms with Gasteiger partial charge < -0.3 is 5.11 Å². The quantitative estimate of drug-likeness (QED) is 0.851. The number of benzene rings is 1. The van der Waals surface area contributed by atoms with Crippen LogP contribution < -0.4 is 0 Å². The molecular weight excluding hydrogens is 268 g/mol. The molecule has 1 heterocycles. The summed E-state index contributed by atoms with van der Waals surface area (Å²) in [5, 5.41) is 15.8. The summed E-state index contributed by atoms with van der Waals surface area (Å²) in [6.07, 6.45) is 0. The van der Waals surface area contributed by atoms with E-state index in [0.717, 1.165) is 22.0 Å². The van der Waals surface area contributed by atoms with Crippen molar-refractivity contribution < 1.29 is 5.11 Å². The molecule has 2 rings (SSSR count). The summed E-state index contributed by atoms with van der Waals surface area (Å²) in [7, 11) is 0. The smallest absolute Gasteiger partial charge is 0.106 e. The Hall–Kier alpha value is -1.26. The fourth-order valence-corrected chi connectivity index (χ4v) is 3.12. The molecule has 4 heteroatoms. The van der Waals surface area contributed by atoms with Crippen LogP contribution in [0, 0.1) is 12.8 Å². The number of aryl methyl sites for hydroxylation is 1. The second kappa shape index (κ2) is 6.46. The Morgan fingerprint density at radius 1 is 1.20 bits per heavy atom. The molecule has 0 aliphatic carbocycles. The third-order valence-corrected chi connectivity index (χ3v) is 5.09. The van der Waals surface area contributed by atoms with Crippen molar-refractivity contribution in [3.63, 3.8) is 0 Å². The highest BCUT2D eigenvalue weighted by Crippen LogP contribution is 2.33. The first kappa shape index (κ1) is 15.1. The average molecular weight is 290 g/mol. The molecule has 0 radical (unpaired) electrons. The van der Waals surface area contributed by atoms with Gasteiger partial charge in [-0.15, -0.1) is 11.8 Å². The first-order valence-electron chi connectivity index (χ1n) is 6.96. The van der Waals surface area contributed by atoms with E-state index in [1.807, 2.05) is 41.9 Å². The fraction of sp³-hybridized carbons (Fsp3) is 0.438. The molecular formula is C16H22N2OS. The highest BCUT2D eigenvalue weighted by atomic mass is 32.2. The van der Waals surface area contributed by atoms with E-state index in [-0.39, 0.29) is 6.61 Å². The van der Waals surface area contributed by atoms with Gasteiger partial charge in [0.1, 0.15) is 5.03 Å². The largest absolute Gasteiger partial charge is 0.392 e. The molecule has 20 heavy (non-hydrogen) atoms. The maximum absolute atomic E-state index is 9.64. The Balaban J connectivity index is 2.47. The van der Waals surface area contributed by atoms with E-state index < -0.39 is 0 Å². The first-order chi connectivity index (χ1) is 9.54. The summed E-state index contributed by atoms with van der Waals surface area (Å²) >= 11 is 1.79. The van der Waals surface area contributed by atoms with Crippen LogP contribution in [-0.4, -0.2) is 20.1 Å². The van der Waals surface area contributed by atoms with Gasteiger partial charge in [0.05, 0.1) is 18.0 Å². The molecule has 0 spiro atoms. The van der Waals surface area contributed by atoms with Gasteiger partial charge in [-0.2, -0.15) is 5.10 Å². The highest BCUT2D eigenvalue weighted by molar-refractivity contribution is 7.99. The van der Waals surface area contributed by atoms with E-state index >= 15 is 0 Å². The molecule has 1 aromatic heterocycles. The van der Waals surface area contributed by atoms with Gasteiger partial charge in [-0.1, -0.05) is 39.0 Å². The minimum absolute atomic E-state index is 0.0335. The number of hydrogen-bond donors (Lipinski definition) is 1. The van der Waals surface area contributed by atoms with Crippen molar-refractivity contribution in [1.82, 2.24) is 9.78 Å². The monoisotopic (exact) mass is 290 g/mol. The summed E-state index contributed by atoms with van der Waals surface area (Å²) in [6, 6.07) is 10.1. The van der Waals surface area contributed by atoms with Crippen molar-refractivity contribution in [1.29, 1.82) is 0 Å². The summed E-state index contributed by atoms with van der Waals surface area (Å²) in [6.45, 7) is 8.63. The van der Waals surface area contributed by atoms with Gasteiger partial charge in [-0.05, 0) is 25.0 Å². The molecule has 0 fully saturated rings. The van der Waals surface area contributed by atoms with Gasteiger partial charge in [0.2, 0.25) is 0 Å². The van der Waals surface area contributed by atoms with E-state index in [1.54, 1.807) is 11.8 Å². The minimum Gasteiger partial charge on any atom is -0.392 e. The lowest BCUT2D eigenvalue weighted by molar-refractivity contribution is 0.278. The predicted octanol–water partition coefficient (Wildman–Crippen LogP) is 3.81. The number of aliphatic hydroxyl groups is 1. The summed E-state index contributed by atoms with van der Waals surface area (Å²) in [5.41, 5.74) is 2.87. The SMILES string of the molecule is Cc1nn(-c2ccccc2)c(SC(C)C(C)C)c1CO. The topological polar surface area (TPSA) is 38.0 Å². The van der Waals surface area contributed by atoms with Crippen LogP contribution in [0.3, 0.4) is 0 Å². The number of rotatable bonds is 5. The number of nitrogens with zero attached hydrogens (tertiary/aromatic N) is 2. The molecule has 0 saturated heterocycles. The van der Waals surface area contributed by atoms with Crippen molar-refractivity contribution in [3.05, 3.63) is 41.6 Å². The van der Waals surface area contributed by atoms with Crippen LogP contribution in [0.1, 0.15) is 32.0 Å². The maximum Gasteiger partial charge on any atom is 0.106 e. The molecule has 108 valence electrons. The van der Waals surface area contributed by atoms with Gasteiger partial charge in [-0.25, -0.2) is 4.68 Å². The van der Waals surface area contributed by atoms with Gasteiger partial charge in [-0.3, -0.25) is 0 Å². The number of aliphatic hydroxyl groups excluding tert-OH is 1. The fourth-order valence-electron chi connectivity index (χ4n) is 1.90. The van der Waals surface area contributed by atoms with Crippen molar-refractivity contribution in [2.75, 3.05) is 0 Å². The third-order valence-electron chi connectivity index (χ3n) is 3.53. The molecule has 3 nitrogen and oxygen atoms in total. The zero-order valence-corrected chi connectivity index (χ0v) is 13.3. The zero-order chi connectivity index (χ0) is 14.7. The lowest BCUT2D eigenvalue weighted by Gasteiger charge is -2.17. The van der Waals surface area contributed by atoms with Crippen LogP contribution in [0.25, 0.3) is 5.69 Å². The molecule has 1 atom stereocenters. The van der Waals surface area contributed by atoms with Gasteiger partial charge in [0, 0.05) is 10.8 Å². The van der Waals surface area contributed by atoms with Crippen LogP contribution >= 0.6 is 11.8 Å². The predicted molar refractivity (Wildman–Crippen MR) is 84.4 cm³/mol. The molecule has 0 aliphatic rings. The second-order valence-electron chi connectivity index (χ2n) is 5.34. The molecule has 0 aliphatic heterocycles. The number of para-hydroxylation sites is 1. The standard InChI is InChI=1S/C16H22N2OS/c1-11(2)13(4)20-16-15(10-19)12(3)17-18(16)14-8-6-5-7-9-14/h5-9,11,13,19H,10H2,1-4H3. The Kier molecular flexibility index (Phi) is 4.89. The van der Waals surface area contributed by atoms with Crippen molar-refractivity contribution in [2.24, 2.45) is 5.92 Å². The Labute approximate surface area is 125 Å². The Morgan fingerprint density at radius 2 is 1.85 bits per heavy atom. The van der Waals surface area contributed by atoms with E-state index in [0.29, 0.717) is 11.2 Å². The molecule has 1 unspecified atom stereocenters. The lowest BCUT2D eigenvalue weighted by atomic mass is 10.2. The van der Waals surface area contributed by atoms with Crippen molar-refractivity contribution >= 4 is 11.8 Å². The van der Waals surface area contributed by atoms with Crippen LogP contribution in [0.4, 0.5) is 0 Å². The number of aromatic nitrogens is 2. The van der Waals surface area contributed by atoms with Gasteiger partial charge >= 0.3 is 0 Å². The summed E-state index contributed by atoms with van der Waals surface area (Å²) < 4.78 is 1.95. The lowest BCUT2D eigenvalue weighted by Crippen LogP contribution is -2.08. The third kappa shape index (κ3) is 3.07. The maximum atomic E-state index is 9.64. The van der Waals surface area contributed by atoms with E-state index in [9.17, 15) is 5.11 Å². The zero-order valence-electron chi connectivity index (χ0n) is 12.5. The number of thioether (sulfide) groups is 1. The van der Waals surface area contributed by atoms with Crippen LogP contribution in [0.5, 0.6) is 0 Å². The average Bonchev–Trinajstić information content (AvgIpc) is 2.75. The highest BCUT2D eigenvalue weighted by Gasteiger charge is 2.20. The number of hydrogen-bond acceptors (Lipinski definition) is 3. The van der Waals surface area contributed by atoms with Crippen LogP contribution in [0.2, 0.25) is 0 Å². The van der Waals surface area contributed by atoms with Gasteiger partial charge in [0.15, 0.2) is 0 Å². The van der Waals surface area contributed by atoms with E-state index in [4.69, 9.17) is 0 Å². The molecule has 1 N–H and O–H groups in total. The van der Waals surface area contributed by atoms with E-state index in [1.165, 1.54) is 0 Å². The Morgan fingerprint density at radius 3 is 2.40 bits per heavy atom.